The highest BCUT2D eigenvalue weighted by Gasteiger charge is 2.37. The van der Waals surface area contributed by atoms with Crippen LogP contribution in [0.1, 0.15) is 24.5 Å². The number of nitrogens with zero attached hydrogens (tertiary/aromatic N) is 1. The third kappa shape index (κ3) is 5.19. The maximum absolute atomic E-state index is 12.9. The van der Waals surface area contributed by atoms with Crippen molar-refractivity contribution < 1.29 is 23.5 Å². The molecule has 2 aromatic carbocycles. The first kappa shape index (κ1) is 20.5. The first-order valence-electron chi connectivity index (χ1n) is 9.43. The van der Waals surface area contributed by atoms with Gasteiger partial charge in [0.15, 0.2) is 6.10 Å². The van der Waals surface area contributed by atoms with Crippen LogP contribution in [0.15, 0.2) is 48.5 Å². The molecule has 1 heterocycles. The second-order valence-corrected chi connectivity index (χ2v) is 7.16. The van der Waals surface area contributed by atoms with Crippen molar-refractivity contribution in [3.8, 4) is 0 Å². The van der Waals surface area contributed by atoms with Crippen LogP contribution in [0, 0.1) is 18.7 Å². The number of hydrogen-bond donors (Lipinski definition) is 1. The number of carbonyl (C=O) groups excluding carboxylic acids is 3. The highest BCUT2D eigenvalue weighted by molar-refractivity contribution is 5.99. The monoisotopic (exact) mass is 398 g/mol. The number of halogens is 1. The summed E-state index contributed by atoms with van der Waals surface area (Å²) in [6, 6.07) is 13.2. The van der Waals surface area contributed by atoms with Crippen molar-refractivity contribution in [2.24, 2.45) is 5.92 Å². The van der Waals surface area contributed by atoms with Crippen LogP contribution in [0.2, 0.25) is 0 Å². The Hall–Kier alpha value is -3.22. The van der Waals surface area contributed by atoms with Crippen LogP contribution in [0.25, 0.3) is 0 Å². The summed E-state index contributed by atoms with van der Waals surface area (Å²) in [4.78, 5) is 38.5. The van der Waals surface area contributed by atoms with E-state index in [9.17, 15) is 18.8 Å². The predicted octanol–water partition coefficient (Wildman–Crippen LogP) is 2.74. The standard InChI is InChI=1S/C22H23FN2O4/c1-14-3-9-19(10-4-14)25-13-17(11-20(25)26)22(28)29-15(2)21(27)24-12-16-5-7-18(23)8-6-16/h3-10,15,17H,11-13H2,1-2H3,(H,24,27)/t15-,17+/m0/s1. The van der Waals surface area contributed by atoms with Crippen molar-refractivity contribution >= 4 is 23.5 Å². The molecule has 0 aromatic heterocycles. The fraction of sp³-hybridized carbons (Fsp3) is 0.318. The van der Waals surface area contributed by atoms with Gasteiger partial charge in [-0.05, 0) is 43.7 Å². The van der Waals surface area contributed by atoms with Gasteiger partial charge in [-0.2, -0.15) is 0 Å². The van der Waals surface area contributed by atoms with Gasteiger partial charge in [-0.15, -0.1) is 0 Å². The second kappa shape index (κ2) is 8.86. The van der Waals surface area contributed by atoms with Gasteiger partial charge in [0.1, 0.15) is 5.82 Å². The van der Waals surface area contributed by atoms with E-state index in [1.165, 1.54) is 19.1 Å². The van der Waals surface area contributed by atoms with Gasteiger partial charge in [0.2, 0.25) is 5.91 Å². The van der Waals surface area contributed by atoms with E-state index in [4.69, 9.17) is 4.74 Å². The number of hydrogen-bond acceptors (Lipinski definition) is 4. The maximum atomic E-state index is 12.9. The Morgan fingerprint density at radius 2 is 1.83 bits per heavy atom. The molecule has 2 aromatic rings. The summed E-state index contributed by atoms with van der Waals surface area (Å²) >= 11 is 0. The minimum atomic E-state index is -0.994. The zero-order valence-corrected chi connectivity index (χ0v) is 16.4. The zero-order chi connectivity index (χ0) is 21.0. The van der Waals surface area contributed by atoms with E-state index in [-0.39, 0.29) is 31.2 Å². The number of aryl methyl sites for hydroxylation is 1. The van der Waals surface area contributed by atoms with Crippen LogP contribution in [0.5, 0.6) is 0 Å². The number of rotatable bonds is 6. The van der Waals surface area contributed by atoms with Crippen LogP contribution in [-0.2, 0) is 25.7 Å². The molecule has 3 rings (SSSR count). The molecule has 1 aliphatic heterocycles. The second-order valence-electron chi connectivity index (χ2n) is 7.16. The average molecular weight is 398 g/mol. The average Bonchev–Trinajstić information content (AvgIpc) is 3.09. The van der Waals surface area contributed by atoms with Crippen LogP contribution in [0.4, 0.5) is 10.1 Å². The van der Waals surface area contributed by atoms with Crippen LogP contribution in [-0.4, -0.2) is 30.4 Å². The predicted molar refractivity (Wildman–Crippen MR) is 105 cm³/mol. The summed E-state index contributed by atoms with van der Waals surface area (Å²) in [6.07, 6.45) is -0.942. The highest BCUT2D eigenvalue weighted by Crippen LogP contribution is 2.26. The molecule has 1 aliphatic rings. The van der Waals surface area contributed by atoms with Gasteiger partial charge in [0.05, 0.1) is 5.92 Å². The summed E-state index contributed by atoms with van der Waals surface area (Å²) in [6.45, 7) is 3.86. The van der Waals surface area contributed by atoms with Crippen molar-refractivity contribution in [1.82, 2.24) is 5.32 Å². The van der Waals surface area contributed by atoms with E-state index < -0.39 is 23.9 Å². The lowest BCUT2D eigenvalue weighted by Gasteiger charge is -2.18. The lowest BCUT2D eigenvalue weighted by Crippen LogP contribution is -2.37. The highest BCUT2D eigenvalue weighted by atomic mass is 19.1. The minimum absolute atomic E-state index is 0.0522. The summed E-state index contributed by atoms with van der Waals surface area (Å²) in [5.74, 6) is -2.15. The Bertz CT molecular complexity index is 896. The Morgan fingerprint density at radius 1 is 1.17 bits per heavy atom. The maximum Gasteiger partial charge on any atom is 0.312 e. The normalized spacial score (nSPS) is 17.1. The van der Waals surface area contributed by atoms with E-state index >= 15 is 0 Å². The molecular weight excluding hydrogens is 375 g/mol. The number of anilines is 1. The molecule has 7 heteroatoms. The summed E-state index contributed by atoms with van der Waals surface area (Å²) in [7, 11) is 0. The lowest BCUT2D eigenvalue weighted by atomic mass is 10.1. The Morgan fingerprint density at radius 3 is 2.48 bits per heavy atom. The van der Waals surface area contributed by atoms with Gasteiger partial charge < -0.3 is 15.0 Å². The molecule has 29 heavy (non-hydrogen) atoms. The fourth-order valence-corrected chi connectivity index (χ4v) is 3.10. The molecule has 1 fully saturated rings. The largest absolute Gasteiger partial charge is 0.452 e. The molecule has 152 valence electrons. The molecule has 0 bridgehead atoms. The van der Waals surface area contributed by atoms with Gasteiger partial charge >= 0.3 is 5.97 Å². The van der Waals surface area contributed by atoms with E-state index in [0.717, 1.165) is 16.8 Å². The van der Waals surface area contributed by atoms with Gasteiger partial charge in [0, 0.05) is 25.2 Å². The minimum Gasteiger partial charge on any atom is -0.452 e. The molecule has 2 atom stereocenters. The van der Waals surface area contributed by atoms with Crippen LogP contribution >= 0.6 is 0 Å². The topological polar surface area (TPSA) is 75.7 Å². The SMILES string of the molecule is Cc1ccc(N2C[C@H](C(=O)O[C@@H](C)C(=O)NCc3ccc(F)cc3)CC2=O)cc1. The lowest BCUT2D eigenvalue weighted by molar-refractivity contribution is -0.158. The van der Waals surface area contributed by atoms with Crippen LogP contribution in [0.3, 0.4) is 0 Å². The molecule has 0 saturated carbocycles. The quantitative estimate of drug-likeness (QED) is 0.760. The van der Waals surface area contributed by atoms with Crippen molar-refractivity contribution in [3.63, 3.8) is 0 Å². The number of nitrogens with one attached hydrogen (secondary N) is 1. The number of ether oxygens (including phenoxy) is 1. The van der Waals surface area contributed by atoms with Gasteiger partial charge in [-0.25, -0.2) is 4.39 Å². The van der Waals surface area contributed by atoms with Gasteiger partial charge in [-0.3, -0.25) is 14.4 Å². The summed E-state index contributed by atoms with van der Waals surface area (Å²) in [5, 5.41) is 2.65. The molecule has 0 aliphatic carbocycles. The molecule has 0 unspecified atom stereocenters. The molecule has 0 spiro atoms. The Kier molecular flexibility index (Phi) is 6.26. The van der Waals surface area contributed by atoms with Crippen LogP contribution < -0.4 is 10.2 Å². The molecule has 1 saturated heterocycles. The summed E-state index contributed by atoms with van der Waals surface area (Å²) < 4.78 is 18.2. The smallest absolute Gasteiger partial charge is 0.312 e. The van der Waals surface area contributed by atoms with Gasteiger partial charge in [0.25, 0.3) is 5.91 Å². The third-order valence-electron chi connectivity index (χ3n) is 4.85. The molecular formula is C22H23FN2O4. The first-order valence-corrected chi connectivity index (χ1v) is 9.43. The van der Waals surface area contributed by atoms with E-state index in [0.29, 0.717) is 0 Å². The van der Waals surface area contributed by atoms with E-state index in [2.05, 4.69) is 5.32 Å². The van der Waals surface area contributed by atoms with Crippen molar-refractivity contribution in [3.05, 3.63) is 65.5 Å². The van der Waals surface area contributed by atoms with E-state index in [1.54, 1.807) is 17.0 Å². The van der Waals surface area contributed by atoms with E-state index in [1.807, 2.05) is 31.2 Å². The third-order valence-corrected chi connectivity index (χ3v) is 4.85. The fourth-order valence-electron chi connectivity index (χ4n) is 3.10. The Balaban J connectivity index is 1.51. The first-order chi connectivity index (χ1) is 13.8. The number of benzene rings is 2. The van der Waals surface area contributed by atoms with Crippen molar-refractivity contribution in [2.75, 3.05) is 11.4 Å². The molecule has 0 radical (unpaired) electrons. The number of amides is 2. The molecule has 2 amide bonds. The van der Waals surface area contributed by atoms with Gasteiger partial charge in [-0.1, -0.05) is 29.8 Å². The van der Waals surface area contributed by atoms with Crippen molar-refractivity contribution in [1.29, 1.82) is 0 Å². The number of carbonyl (C=O) groups is 3. The Labute approximate surface area is 168 Å². The molecule has 6 nitrogen and oxygen atoms in total. The zero-order valence-electron chi connectivity index (χ0n) is 16.4. The summed E-state index contributed by atoms with van der Waals surface area (Å²) in [5.41, 5.74) is 2.55. The van der Waals surface area contributed by atoms with Crippen molar-refractivity contribution in [2.45, 2.75) is 32.9 Å². The number of esters is 1. The molecule has 1 N–H and O–H groups in total.